The van der Waals surface area contributed by atoms with Gasteiger partial charge in [0.05, 0.1) is 0 Å². The molecule has 1 aliphatic carbocycles. The summed E-state index contributed by atoms with van der Waals surface area (Å²) in [6.07, 6.45) is 8.19. The summed E-state index contributed by atoms with van der Waals surface area (Å²) in [6.45, 7) is 1.61. The van der Waals surface area contributed by atoms with Crippen LogP contribution in [0.1, 0.15) is 34.5 Å². The van der Waals surface area contributed by atoms with E-state index in [1.807, 2.05) is 6.07 Å². The van der Waals surface area contributed by atoms with Crippen LogP contribution in [-0.2, 0) is 12.8 Å². The molecule has 18 heavy (non-hydrogen) atoms. The molecule has 3 rings (SSSR count). The number of pyridine rings is 1. The Morgan fingerprint density at radius 2 is 2.22 bits per heavy atom. The monoisotopic (exact) mass is 244 g/mol. The molecule has 94 valence electrons. The third kappa shape index (κ3) is 1.88. The second-order valence-electron chi connectivity index (χ2n) is 4.83. The quantitative estimate of drug-likeness (QED) is 0.809. The highest BCUT2D eigenvalue weighted by Crippen LogP contribution is 2.28. The molecule has 1 N–H and O–H groups in total. The molecule has 1 aliphatic heterocycles. The lowest BCUT2D eigenvalue weighted by molar-refractivity contribution is 0.0697. The Morgan fingerprint density at radius 3 is 2.94 bits per heavy atom. The SMILES string of the molecule is O=C(O)c1cc2c(nc1N1CC=CCC1)CCC2. The van der Waals surface area contributed by atoms with Gasteiger partial charge in [0.2, 0.25) is 0 Å². The Kier molecular flexibility index (Phi) is 2.78. The number of aryl methyl sites for hydroxylation is 2. The zero-order valence-corrected chi connectivity index (χ0v) is 10.2. The number of nitrogens with zero attached hydrogens (tertiary/aromatic N) is 2. The number of fused-ring (bicyclic) bond motifs is 1. The number of aromatic nitrogens is 1. The first kappa shape index (κ1) is 11.3. The predicted octanol–water partition coefficient (Wildman–Crippen LogP) is 2.03. The number of hydrogen-bond acceptors (Lipinski definition) is 3. The van der Waals surface area contributed by atoms with E-state index in [4.69, 9.17) is 0 Å². The van der Waals surface area contributed by atoms with Crippen molar-refractivity contribution in [3.05, 3.63) is 35.0 Å². The maximum Gasteiger partial charge on any atom is 0.339 e. The van der Waals surface area contributed by atoms with Crippen molar-refractivity contribution in [3.63, 3.8) is 0 Å². The first-order chi connectivity index (χ1) is 8.75. The highest BCUT2D eigenvalue weighted by atomic mass is 16.4. The van der Waals surface area contributed by atoms with Gasteiger partial charge in [0.15, 0.2) is 0 Å². The number of hydrogen-bond donors (Lipinski definition) is 1. The standard InChI is InChI=1S/C14H16N2O2/c17-14(18)11-9-10-5-4-6-12(10)15-13(11)16-7-2-1-3-8-16/h1-2,9H,3-8H2,(H,17,18). The summed E-state index contributed by atoms with van der Waals surface area (Å²) in [5, 5.41) is 9.34. The average Bonchev–Trinajstić information content (AvgIpc) is 2.85. The van der Waals surface area contributed by atoms with Crippen molar-refractivity contribution >= 4 is 11.8 Å². The van der Waals surface area contributed by atoms with Gasteiger partial charge in [-0.1, -0.05) is 12.2 Å². The van der Waals surface area contributed by atoms with Gasteiger partial charge in [-0.25, -0.2) is 9.78 Å². The summed E-state index contributed by atoms with van der Waals surface area (Å²) in [6, 6.07) is 1.82. The van der Waals surface area contributed by atoms with Crippen molar-refractivity contribution < 1.29 is 9.90 Å². The van der Waals surface area contributed by atoms with E-state index < -0.39 is 5.97 Å². The lowest BCUT2D eigenvalue weighted by atomic mass is 10.1. The number of carbonyl (C=O) groups is 1. The van der Waals surface area contributed by atoms with Gasteiger partial charge in [-0.2, -0.15) is 0 Å². The van der Waals surface area contributed by atoms with Gasteiger partial charge in [0.25, 0.3) is 0 Å². The van der Waals surface area contributed by atoms with E-state index in [-0.39, 0.29) is 0 Å². The summed E-state index contributed by atoms with van der Waals surface area (Å²) in [7, 11) is 0. The fourth-order valence-corrected chi connectivity index (χ4v) is 2.69. The molecule has 0 saturated heterocycles. The summed E-state index contributed by atoms with van der Waals surface area (Å²) in [5.74, 6) is -0.228. The third-order valence-corrected chi connectivity index (χ3v) is 3.62. The van der Waals surface area contributed by atoms with Crippen LogP contribution in [-0.4, -0.2) is 29.1 Å². The topological polar surface area (TPSA) is 53.4 Å². The fraction of sp³-hybridized carbons (Fsp3) is 0.429. The number of aromatic carboxylic acids is 1. The first-order valence-corrected chi connectivity index (χ1v) is 6.42. The normalized spacial score (nSPS) is 17.9. The van der Waals surface area contributed by atoms with Crippen LogP contribution in [0.4, 0.5) is 5.82 Å². The van der Waals surface area contributed by atoms with E-state index in [0.29, 0.717) is 11.4 Å². The maximum atomic E-state index is 11.4. The minimum Gasteiger partial charge on any atom is -0.478 e. The van der Waals surface area contributed by atoms with Crippen LogP contribution in [0.25, 0.3) is 0 Å². The zero-order valence-electron chi connectivity index (χ0n) is 10.2. The van der Waals surface area contributed by atoms with Gasteiger partial charge in [-0.15, -0.1) is 0 Å². The van der Waals surface area contributed by atoms with Gasteiger partial charge in [0.1, 0.15) is 11.4 Å². The van der Waals surface area contributed by atoms with E-state index in [1.165, 1.54) is 0 Å². The van der Waals surface area contributed by atoms with Gasteiger partial charge in [0, 0.05) is 18.8 Å². The molecule has 0 fully saturated rings. The Hall–Kier alpha value is -1.84. The largest absolute Gasteiger partial charge is 0.478 e. The van der Waals surface area contributed by atoms with Gasteiger partial charge >= 0.3 is 5.97 Å². The minimum absolute atomic E-state index is 0.353. The molecule has 0 spiro atoms. The van der Waals surface area contributed by atoms with E-state index in [0.717, 1.165) is 50.0 Å². The van der Waals surface area contributed by atoms with Crippen molar-refractivity contribution in [2.75, 3.05) is 18.0 Å². The summed E-state index contributed by atoms with van der Waals surface area (Å²) < 4.78 is 0. The Morgan fingerprint density at radius 1 is 1.33 bits per heavy atom. The maximum absolute atomic E-state index is 11.4. The number of carboxylic acids is 1. The molecule has 4 nitrogen and oxygen atoms in total. The lowest BCUT2D eigenvalue weighted by Crippen LogP contribution is -2.29. The van der Waals surface area contributed by atoms with Crippen molar-refractivity contribution in [1.82, 2.24) is 4.98 Å². The molecule has 0 aromatic carbocycles. The molecule has 0 unspecified atom stereocenters. The molecule has 0 bridgehead atoms. The molecule has 0 atom stereocenters. The number of carboxylic acid groups (broad SMARTS) is 1. The van der Waals surface area contributed by atoms with E-state index in [1.54, 1.807) is 0 Å². The van der Waals surface area contributed by atoms with E-state index in [2.05, 4.69) is 22.0 Å². The molecule has 4 heteroatoms. The van der Waals surface area contributed by atoms with Gasteiger partial charge < -0.3 is 10.0 Å². The fourth-order valence-electron chi connectivity index (χ4n) is 2.69. The molecule has 0 amide bonds. The van der Waals surface area contributed by atoms with E-state index in [9.17, 15) is 9.90 Å². The predicted molar refractivity (Wildman–Crippen MR) is 69.2 cm³/mol. The smallest absolute Gasteiger partial charge is 0.339 e. The van der Waals surface area contributed by atoms with E-state index >= 15 is 0 Å². The molecule has 1 aromatic heterocycles. The molecule has 2 heterocycles. The summed E-state index contributed by atoms with van der Waals surface area (Å²) in [5.41, 5.74) is 2.55. The van der Waals surface area contributed by atoms with Crippen LogP contribution in [0.3, 0.4) is 0 Å². The highest BCUT2D eigenvalue weighted by molar-refractivity contribution is 5.93. The highest BCUT2D eigenvalue weighted by Gasteiger charge is 2.23. The van der Waals surface area contributed by atoms with Crippen molar-refractivity contribution in [3.8, 4) is 0 Å². The minimum atomic E-state index is -0.873. The van der Waals surface area contributed by atoms with Crippen LogP contribution in [0, 0.1) is 0 Å². The summed E-state index contributed by atoms with van der Waals surface area (Å²) in [4.78, 5) is 18.0. The Balaban J connectivity index is 2.05. The molecule has 0 saturated carbocycles. The van der Waals surface area contributed by atoms with Gasteiger partial charge in [-0.05, 0) is 37.3 Å². The second-order valence-corrected chi connectivity index (χ2v) is 4.83. The number of rotatable bonds is 2. The van der Waals surface area contributed by atoms with Crippen LogP contribution in [0.2, 0.25) is 0 Å². The van der Waals surface area contributed by atoms with Crippen LogP contribution < -0.4 is 4.90 Å². The molecular weight excluding hydrogens is 228 g/mol. The zero-order chi connectivity index (χ0) is 12.5. The summed E-state index contributed by atoms with van der Waals surface area (Å²) >= 11 is 0. The molecule has 1 aromatic rings. The molecule has 2 aliphatic rings. The van der Waals surface area contributed by atoms with Crippen molar-refractivity contribution in [2.45, 2.75) is 25.7 Å². The lowest BCUT2D eigenvalue weighted by Gasteiger charge is -2.26. The Bertz CT molecular complexity index is 523. The van der Waals surface area contributed by atoms with Crippen LogP contribution >= 0.6 is 0 Å². The Labute approximate surface area is 106 Å². The van der Waals surface area contributed by atoms with Crippen LogP contribution in [0.5, 0.6) is 0 Å². The molecule has 0 radical (unpaired) electrons. The number of anilines is 1. The van der Waals surface area contributed by atoms with Gasteiger partial charge in [-0.3, -0.25) is 0 Å². The van der Waals surface area contributed by atoms with Crippen molar-refractivity contribution in [1.29, 1.82) is 0 Å². The third-order valence-electron chi connectivity index (χ3n) is 3.62. The molecular formula is C14H16N2O2. The second kappa shape index (κ2) is 4.44. The first-order valence-electron chi connectivity index (χ1n) is 6.42. The van der Waals surface area contributed by atoms with Crippen molar-refractivity contribution in [2.24, 2.45) is 0 Å². The average molecular weight is 244 g/mol. The van der Waals surface area contributed by atoms with Crippen LogP contribution in [0.15, 0.2) is 18.2 Å².